The summed E-state index contributed by atoms with van der Waals surface area (Å²) in [4.78, 5) is 17.5. The molecule has 1 heterocycles. The van der Waals surface area contributed by atoms with Crippen LogP contribution in [0.3, 0.4) is 0 Å². The van der Waals surface area contributed by atoms with E-state index in [1.54, 1.807) is 6.20 Å². The molecule has 1 N–H and O–H groups in total. The highest BCUT2D eigenvalue weighted by Gasteiger charge is 2.47. The zero-order chi connectivity index (χ0) is 21.3. The van der Waals surface area contributed by atoms with Crippen molar-refractivity contribution in [1.29, 1.82) is 0 Å². The molecule has 4 nitrogen and oxygen atoms in total. The van der Waals surface area contributed by atoms with Crippen molar-refractivity contribution in [3.05, 3.63) is 59.4 Å². The molecule has 29 heavy (non-hydrogen) atoms. The van der Waals surface area contributed by atoms with Gasteiger partial charge in [0.05, 0.1) is 17.8 Å². The van der Waals surface area contributed by atoms with Gasteiger partial charge in [0, 0.05) is 17.3 Å². The number of ether oxygens (including phenoxy) is 1. The maximum absolute atomic E-state index is 13.0. The first-order chi connectivity index (χ1) is 13.5. The Morgan fingerprint density at radius 2 is 1.83 bits per heavy atom. The van der Waals surface area contributed by atoms with Crippen LogP contribution in [0.25, 0.3) is 0 Å². The van der Waals surface area contributed by atoms with Crippen molar-refractivity contribution in [3.8, 4) is 5.75 Å². The molecule has 1 amide bonds. The molecule has 0 radical (unpaired) electrons. The number of hydrogen-bond acceptors (Lipinski definition) is 3. The monoisotopic (exact) mass is 394 g/mol. The molecular formula is C25H34N2O2. The fraction of sp³-hybridized carbons (Fsp3) is 0.520. The van der Waals surface area contributed by atoms with Crippen molar-refractivity contribution in [1.82, 2.24) is 10.3 Å². The molecule has 0 saturated heterocycles. The molecule has 3 rings (SSSR count). The van der Waals surface area contributed by atoms with Gasteiger partial charge in [-0.1, -0.05) is 47.6 Å². The molecule has 1 fully saturated rings. The maximum Gasteiger partial charge on any atom is 0.252 e. The summed E-state index contributed by atoms with van der Waals surface area (Å²) in [5.74, 6) is 0.809. The van der Waals surface area contributed by atoms with Gasteiger partial charge in [-0.15, -0.1) is 0 Å². The number of nitrogens with zero attached hydrogens (tertiary/aromatic N) is 1. The van der Waals surface area contributed by atoms with E-state index in [4.69, 9.17) is 4.74 Å². The predicted molar refractivity (Wildman–Crippen MR) is 117 cm³/mol. The molecule has 0 spiro atoms. The van der Waals surface area contributed by atoms with Gasteiger partial charge in [-0.3, -0.25) is 9.78 Å². The lowest BCUT2D eigenvalue weighted by atomic mass is 9.85. The van der Waals surface area contributed by atoms with E-state index < -0.39 is 0 Å². The van der Waals surface area contributed by atoms with E-state index in [1.807, 2.05) is 36.4 Å². The second kappa shape index (κ2) is 7.81. The van der Waals surface area contributed by atoms with Crippen LogP contribution in [0.5, 0.6) is 5.75 Å². The molecule has 1 saturated carbocycles. The molecule has 1 aliphatic rings. The molecule has 0 atom stereocenters. The largest absolute Gasteiger partial charge is 0.493 e. The molecule has 0 unspecified atom stereocenters. The molecule has 1 aromatic heterocycles. The van der Waals surface area contributed by atoms with Gasteiger partial charge in [-0.2, -0.15) is 0 Å². The molecule has 156 valence electrons. The molecule has 2 aromatic rings. The van der Waals surface area contributed by atoms with Crippen LogP contribution in [-0.4, -0.2) is 17.5 Å². The Bertz CT molecular complexity index is 857. The maximum atomic E-state index is 13.0. The fourth-order valence-electron chi connectivity index (χ4n) is 3.36. The summed E-state index contributed by atoms with van der Waals surface area (Å²) in [5.41, 5.74) is 2.45. The smallest absolute Gasteiger partial charge is 0.252 e. The summed E-state index contributed by atoms with van der Waals surface area (Å²) >= 11 is 0. The van der Waals surface area contributed by atoms with E-state index in [2.05, 4.69) is 51.8 Å². The average molecular weight is 395 g/mol. The Hall–Kier alpha value is -2.36. The number of pyridine rings is 1. The Labute approximate surface area is 175 Å². The van der Waals surface area contributed by atoms with Crippen molar-refractivity contribution >= 4 is 5.91 Å². The summed E-state index contributed by atoms with van der Waals surface area (Å²) < 4.78 is 6.12. The number of rotatable bonds is 6. The third-order valence-corrected chi connectivity index (χ3v) is 5.42. The van der Waals surface area contributed by atoms with Crippen LogP contribution >= 0.6 is 0 Å². The quantitative estimate of drug-likeness (QED) is 0.692. The number of amides is 1. The number of benzene rings is 1. The molecular weight excluding hydrogens is 360 g/mol. The summed E-state index contributed by atoms with van der Waals surface area (Å²) in [5, 5.41) is 3.22. The van der Waals surface area contributed by atoms with Crippen molar-refractivity contribution in [2.75, 3.05) is 6.61 Å². The number of carbonyl (C=O) groups is 1. The van der Waals surface area contributed by atoms with Gasteiger partial charge in [-0.05, 0) is 60.4 Å². The normalized spacial score (nSPS) is 15.7. The van der Waals surface area contributed by atoms with Gasteiger partial charge < -0.3 is 10.1 Å². The van der Waals surface area contributed by atoms with Gasteiger partial charge in [-0.25, -0.2) is 0 Å². The van der Waals surface area contributed by atoms with Crippen LogP contribution in [0.2, 0.25) is 0 Å². The summed E-state index contributed by atoms with van der Waals surface area (Å²) in [6, 6.07) is 11.6. The Balaban J connectivity index is 1.78. The van der Waals surface area contributed by atoms with E-state index in [0.717, 1.165) is 36.3 Å². The SMILES string of the molecule is CC(C)(C)CCOc1ccc(C(=O)NC2(c3ccccn3)CC2)cc1C(C)(C)C. The lowest BCUT2D eigenvalue weighted by molar-refractivity contribution is 0.0929. The fourth-order valence-corrected chi connectivity index (χ4v) is 3.36. The zero-order valence-electron chi connectivity index (χ0n) is 18.6. The molecule has 1 aromatic carbocycles. The first kappa shape index (κ1) is 21.4. The highest BCUT2D eigenvalue weighted by Crippen LogP contribution is 2.44. The Morgan fingerprint density at radius 3 is 2.38 bits per heavy atom. The van der Waals surface area contributed by atoms with Gasteiger partial charge in [0.25, 0.3) is 5.91 Å². The average Bonchev–Trinajstić information content (AvgIpc) is 3.41. The van der Waals surface area contributed by atoms with E-state index in [-0.39, 0.29) is 22.3 Å². The minimum atomic E-state index is -0.317. The zero-order valence-corrected chi connectivity index (χ0v) is 18.6. The highest BCUT2D eigenvalue weighted by molar-refractivity contribution is 5.95. The van der Waals surface area contributed by atoms with Gasteiger partial charge in [0.1, 0.15) is 5.75 Å². The van der Waals surface area contributed by atoms with Crippen molar-refractivity contribution in [2.24, 2.45) is 5.41 Å². The van der Waals surface area contributed by atoms with Crippen molar-refractivity contribution < 1.29 is 9.53 Å². The third-order valence-electron chi connectivity index (χ3n) is 5.42. The predicted octanol–water partition coefficient (Wildman–Crippen LogP) is 5.61. The van der Waals surface area contributed by atoms with Crippen LogP contribution in [0, 0.1) is 5.41 Å². The van der Waals surface area contributed by atoms with Gasteiger partial charge >= 0.3 is 0 Å². The first-order valence-corrected chi connectivity index (χ1v) is 10.5. The standard InChI is InChI=1S/C25H34N2O2/c1-23(2,3)14-16-29-20-11-10-18(17-19(20)24(4,5)6)22(28)27-25(12-13-25)21-9-7-8-15-26-21/h7-11,15,17H,12-14,16H2,1-6H3,(H,27,28). The minimum Gasteiger partial charge on any atom is -0.493 e. The highest BCUT2D eigenvalue weighted by atomic mass is 16.5. The van der Waals surface area contributed by atoms with Crippen molar-refractivity contribution in [3.63, 3.8) is 0 Å². The number of nitrogens with one attached hydrogen (secondary N) is 1. The van der Waals surface area contributed by atoms with Gasteiger partial charge in [0.15, 0.2) is 0 Å². The second-order valence-corrected chi connectivity index (χ2v) is 10.4. The molecule has 0 aliphatic heterocycles. The van der Waals surface area contributed by atoms with Gasteiger partial charge in [0.2, 0.25) is 0 Å². The molecule has 0 bridgehead atoms. The van der Waals surface area contributed by atoms with Crippen LogP contribution in [-0.2, 0) is 11.0 Å². The van der Waals surface area contributed by atoms with E-state index >= 15 is 0 Å². The van der Waals surface area contributed by atoms with E-state index in [0.29, 0.717) is 12.2 Å². The first-order valence-electron chi connectivity index (χ1n) is 10.5. The van der Waals surface area contributed by atoms with E-state index in [9.17, 15) is 4.79 Å². The number of aromatic nitrogens is 1. The third kappa shape index (κ3) is 5.37. The van der Waals surface area contributed by atoms with Crippen molar-refractivity contribution in [2.45, 2.75) is 71.8 Å². The summed E-state index contributed by atoms with van der Waals surface area (Å²) in [6.45, 7) is 13.8. The number of hydrogen-bond donors (Lipinski definition) is 1. The Morgan fingerprint density at radius 1 is 1.10 bits per heavy atom. The summed E-state index contributed by atoms with van der Waals surface area (Å²) in [7, 11) is 0. The summed E-state index contributed by atoms with van der Waals surface area (Å²) in [6.07, 6.45) is 4.61. The lowest BCUT2D eigenvalue weighted by Crippen LogP contribution is -2.35. The minimum absolute atomic E-state index is 0.0557. The topological polar surface area (TPSA) is 51.2 Å². The molecule has 4 heteroatoms. The van der Waals surface area contributed by atoms with Crippen LogP contribution in [0.1, 0.15) is 82.4 Å². The van der Waals surface area contributed by atoms with E-state index in [1.165, 1.54) is 0 Å². The van der Waals surface area contributed by atoms with Crippen LogP contribution < -0.4 is 10.1 Å². The Kier molecular flexibility index (Phi) is 5.75. The molecule has 1 aliphatic carbocycles. The second-order valence-electron chi connectivity index (χ2n) is 10.4. The van der Waals surface area contributed by atoms with Crippen LogP contribution in [0.15, 0.2) is 42.6 Å². The van der Waals surface area contributed by atoms with Crippen LogP contribution in [0.4, 0.5) is 0 Å². The number of carbonyl (C=O) groups excluding carboxylic acids is 1. The lowest BCUT2D eigenvalue weighted by Gasteiger charge is -2.25.